The summed E-state index contributed by atoms with van der Waals surface area (Å²) in [6.07, 6.45) is 1.50. The van der Waals surface area contributed by atoms with Crippen LogP contribution in [-0.4, -0.2) is 30.2 Å². The second kappa shape index (κ2) is 3.27. The number of nitrogens with one attached hydrogen (secondary N) is 1. The zero-order valence-corrected chi connectivity index (χ0v) is 7.57. The van der Waals surface area contributed by atoms with Crippen LogP contribution in [0.4, 0.5) is 0 Å². The van der Waals surface area contributed by atoms with Crippen molar-refractivity contribution in [1.29, 1.82) is 0 Å². The summed E-state index contributed by atoms with van der Waals surface area (Å²) < 4.78 is 0. The normalized spacial score (nSPS) is 44.4. The predicted molar refractivity (Wildman–Crippen MR) is 48.2 cm³/mol. The molecule has 0 aromatic heterocycles. The van der Waals surface area contributed by atoms with Gasteiger partial charge in [-0.1, -0.05) is 0 Å². The third-order valence-corrected chi connectivity index (χ3v) is 3.43. The van der Waals surface area contributed by atoms with Gasteiger partial charge in [0, 0.05) is 6.04 Å². The van der Waals surface area contributed by atoms with Crippen LogP contribution in [0.5, 0.6) is 0 Å². The summed E-state index contributed by atoms with van der Waals surface area (Å²) in [4.78, 5) is 10.8. The van der Waals surface area contributed by atoms with E-state index in [2.05, 4.69) is 5.32 Å². The maximum absolute atomic E-state index is 10.8. The molecule has 4 nitrogen and oxygen atoms in total. The van der Waals surface area contributed by atoms with Crippen molar-refractivity contribution >= 4 is 5.97 Å². The highest BCUT2D eigenvalue weighted by Crippen LogP contribution is 2.34. The van der Waals surface area contributed by atoms with Crippen molar-refractivity contribution in [3.05, 3.63) is 0 Å². The van der Waals surface area contributed by atoms with Gasteiger partial charge in [-0.3, -0.25) is 4.79 Å². The lowest BCUT2D eigenvalue weighted by Gasteiger charge is -2.43. The number of hydrogen-bond donors (Lipinski definition) is 3. The number of carboxylic acids is 1. The lowest BCUT2D eigenvalue weighted by atomic mass is 9.70. The Morgan fingerprint density at radius 2 is 1.85 bits per heavy atom. The van der Waals surface area contributed by atoms with E-state index < -0.39 is 5.97 Å². The molecule has 1 heterocycles. The van der Waals surface area contributed by atoms with Crippen LogP contribution < -0.4 is 11.1 Å². The first-order valence-electron chi connectivity index (χ1n) is 4.87. The molecule has 0 radical (unpaired) electrons. The summed E-state index contributed by atoms with van der Waals surface area (Å²) >= 11 is 0. The van der Waals surface area contributed by atoms with Crippen molar-refractivity contribution in [2.45, 2.75) is 18.9 Å². The van der Waals surface area contributed by atoms with Crippen molar-refractivity contribution in [2.75, 3.05) is 13.1 Å². The fraction of sp³-hybridized carbons (Fsp3) is 0.889. The predicted octanol–water partition coefficient (Wildman–Crippen LogP) is -0.356. The van der Waals surface area contributed by atoms with Crippen LogP contribution in [0.15, 0.2) is 0 Å². The zero-order chi connectivity index (χ0) is 9.42. The van der Waals surface area contributed by atoms with E-state index in [1.165, 1.54) is 0 Å². The molecule has 2 unspecified atom stereocenters. The Labute approximate surface area is 77.5 Å². The second-order valence-electron chi connectivity index (χ2n) is 4.26. The SMILES string of the molecule is NC1C2CNCC1CC(C(=O)O)C2. The zero-order valence-electron chi connectivity index (χ0n) is 7.57. The number of carboxylic acid groups (broad SMARTS) is 1. The number of rotatable bonds is 1. The highest BCUT2D eigenvalue weighted by Gasteiger charge is 2.40. The van der Waals surface area contributed by atoms with Gasteiger partial charge >= 0.3 is 5.97 Å². The minimum Gasteiger partial charge on any atom is -0.481 e. The molecule has 74 valence electrons. The highest BCUT2D eigenvalue weighted by atomic mass is 16.4. The smallest absolute Gasteiger partial charge is 0.306 e. The molecule has 2 atom stereocenters. The maximum Gasteiger partial charge on any atom is 0.306 e. The number of aliphatic carboxylic acids is 1. The molecule has 0 amide bonds. The first-order chi connectivity index (χ1) is 6.18. The lowest BCUT2D eigenvalue weighted by Crippen LogP contribution is -2.56. The van der Waals surface area contributed by atoms with Gasteiger partial charge < -0.3 is 16.2 Å². The first-order valence-corrected chi connectivity index (χ1v) is 4.87. The number of hydrogen-bond acceptors (Lipinski definition) is 3. The van der Waals surface area contributed by atoms with Crippen LogP contribution in [0.25, 0.3) is 0 Å². The standard InChI is InChI=1S/C9H16N2O2/c10-8-6-1-5(9(12)13)2-7(8)4-11-3-6/h5-8,11H,1-4,10H2,(H,12,13). The fourth-order valence-electron chi connectivity index (χ4n) is 2.62. The Hall–Kier alpha value is -0.610. The van der Waals surface area contributed by atoms with E-state index in [4.69, 9.17) is 10.8 Å². The van der Waals surface area contributed by atoms with Crippen molar-refractivity contribution in [3.8, 4) is 0 Å². The summed E-state index contributed by atoms with van der Waals surface area (Å²) in [5.41, 5.74) is 6.01. The summed E-state index contributed by atoms with van der Waals surface area (Å²) in [7, 11) is 0. The van der Waals surface area contributed by atoms with Crippen LogP contribution in [-0.2, 0) is 4.79 Å². The molecule has 1 saturated heterocycles. The summed E-state index contributed by atoms with van der Waals surface area (Å²) in [5.74, 6) is -0.0668. The van der Waals surface area contributed by atoms with Gasteiger partial charge in [-0.25, -0.2) is 0 Å². The summed E-state index contributed by atoms with van der Waals surface area (Å²) in [6.45, 7) is 1.78. The van der Waals surface area contributed by atoms with Crippen molar-refractivity contribution in [1.82, 2.24) is 5.32 Å². The minimum atomic E-state index is -0.649. The van der Waals surface area contributed by atoms with Gasteiger partial charge in [-0.2, -0.15) is 0 Å². The van der Waals surface area contributed by atoms with E-state index >= 15 is 0 Å². The maximum atomic E-state index is 10.8. The van der Waals surface area contributed by atoms with Crippen LogP contribution >= 0.6 is 0 Å². The Morgan fingerprint density at radius 3 is 2.31 bits per heavy atom. The summed E-state index contributed by atoms with van der Waals surface area (Å²) in [6, 6.07) is 0.219. The van der Waals surface area contributed by atoms with Gasteiger partial charge in [0.05, 0.1) is 5.92 Å². The fourth-order valence-corrected chi connectivity index (χ4v) is 2.62. The molecule has 1 aliphatic carbocycles. The topological polar surface area (TPSA) is 75.3 Å². The molecule has 2 bridgehead atoms. The number of carbonyl (C=O) groups is 1. The van der Waals surface area contributed by atoms with Gasteiger partial charge in [0.1, 0.15) is 0 Å². The monoisotopic (exact) mass is 184 g/mol. The minimum absolute atomic E-state index is 0.156. The van der Waals surface area contributed by atoms with E-state index in [9.17, 15) is 4.79 Å². The Morgan fingerprint density at radius 1 is 1.31 bits per heavy atom. The average Bonchev–Trinajstić information content (AvgIpc) is 2.02. The molecule has 2 rings (SSSR count). The molecule has 1 aliphatic heterocycles. The van der Waals surface area contributed by atoms with Crippen LogP contribution in [0.1, 0.15) is 12.8 Å². The molecule has 0 aromatic carbocycles. The van der Waals surface area contributed by atoms with Gasteiger partial charge in [0.25, 0.3) is 0 Å². The second-order valence-corrected chi connectivity index (χ2v) is 4.26. The quantitative estimate of drug-likeness (QED) is 0.520. The van der Waals surface area contributed by atoms with Gasteiger partial charge in [-0.05, 0) is 37.8 Å². The molecule has 2 aliphatic rings. The lowest BCUT2D eigenvalue weighted by molar-refractivity contribution is -0.144. The van der Waals surface area contributed by atoms with Crippen molar-refractivity contribution in [3.63, 3.8) is 0 Å². The van der Waals surface area contributed by atoms with E-state index in [1.807, 2.05) is 0 Å². The third kappa shape index (κ3) is 1.56. The molecule has 0 spiro atoms. The molecule has 2 fully saturated rings. The molecule has 1 saturated carbocycles. The number of nitrogens with two attached hydrogens (primary N) is 1. The van der Waals surface area contributed by atoms with Crippen LogP contribution in [0, 0.1) is 17.8 Å². The molecule has 4 heteroatoms. The molecular formula is C9H16N2O2. The van der Waals surface area contributed by atoms with E-state index in [0.717, 1.165) is 25.9 Å². The van der Waals surface area contributed by atoms with Gasteiger partial charge in [0.15, 0.2) is 0 Å². The molecule has 4 N–H and O–H groups in total. The molecule has 13 heavy (non-hydrogen) atoms. The molecule has 0 aromatic rings. The van der Waals surface area contributed by atoms with E-state index in [1.54, 1.807) is 0 Å². The Bertz CT molecular complexity index is 206. The molecular weight excluding hydrogens is 168 g/mol. The van der Waals surface area contributed by atoms with E-state index in [0.29, 0.717) is 11.8 Å². The van der Waals surface area contributed by atoms with Crippen LogP contribution in [0.2, 0.25) is 0 Å². The highest BCUT2D eigenvalue weighted by molar-refractivity contribution is 5.70. The first kappa shape index (κ1) is 8.97. The Balaban J connectivity index is 2.07. The largest absolute Gasteiger partial charge is 0.481 e. The van der Waals surface area contributed by atoms with Gasteiger partial charge in [0.2, 0.25) is 0 Å². The van der Waals surface area contributed by atoms with Crippen LogP contribution in [0.3, 0.4) is 0 Å². The van der Waals surface area contributed by atoms with Gasteiger partial charge in [-0.15, -0.1) is 0 Å². The Kier molecular flexibility index (Phi) is 2.26. The third-order valence-electron chi connectivity index (χ3n) is 3.43. The van der Waals surface area contributed by atoms with Crippen molar-refractivity contribution in [2.24, 2.45) is 23.5 Å². The average molecular weight is 184 g/mol. The number of fused-ring (bicyclic) bond motifs is 2. The summed E-state index contributed by atoms with van der Waals surface area (Å²) in [5, 5.41) is 12.2. The van der Waals surface area contributed by atoms with Crippen molar-refractivity contribution < 1.29 is 9.90 Å². The van der Waals surface area contributed by atoms with E-state index in [-0.39, 0.29) is 12.0 Å². The number of piperidine rings is 1.